The molecule has 2 rings (SSSR count). The molecule has 1 unspecified atom stereocenters. The zero-order valence-corrected chi connectivity index (χ0v) is 7.42. The summed E-state index contributed by atoms with van der Waals surface area (Å²) in [5.41, 5.74) is 1.36. The second-order valence-electron chi connectivity index (χ2n) is 3.22. The Labute approximate surface area is 80.6 Å². The van der Waals surface area contributed by atoms with Gasteiger partial charge in [0.2, 0.25) is 0 Å². The average Bonchev–Trinajstić information content (AvgIpc) is 2.17. The fourth-order valence-corrected chi connectivity index (χ4v) is 1.58. The van der Waals surface area contributed by atoms with Crippen molar-refractivity contribution in [3.63, 3.8) is 0 Å². The molecule has 2 N–H and O–H groups in total. The summed E-state index contributed by atoms with van der Waals surface area (Å²) in [5.74, 6) is 0. The first-order valence-electron chi connectivity index (χ1n) is 4.28. The van der Waals surface area contributed by atoms with Crippen molar-refractivity contribution >= 4 is 6.09 Å². The summed E-state index contributed by atoms with van der Waals surface area (Å²) in [4.78, 5) is 15.9. The van der Waals surface area contributed by atoms with E-state index in [4.69, 9.17) is 5.11 Å². The van der Waals surface area contributed by atoms with E-state index in [0.717, 1.165) is 10.5 Å². The second-order valence-corrected chi connectivity index (χ2v) is 3.22. The van der Waals surface area contributed by atoms with Crippen LogP contribution in [0.4, 0.5) is 4.79 Å². The highest BCUT2D eigenvalue weighted by molar-refractivity contribution is 5.65. The van der Waals surface area contributed by atoms with E-state index in [0.29, 0.717) is 5.69 Å². The quantitative estimate of drug-likeness (QED) is 0.634. The van der Waals surface area contributed by atoms with Crippen molar-refractivity contribution in [1.29, 1.82) is 0 Å². The van der Waals surface area contributed by atoms with Crippen molar-refractivity contribution in [3.05, 3.63) is 29.6 Å². The molecule has 1 aliphatic rings. The Balaban J connectivity index is 2.33. The van der Waals surface area contributed by atoms with Crippen LogP contribution >= 0.6 is 0 Å². The number of aromatic nitrogens is 1. The lowest BCUT2D eigenvalue weighted by Gasteiger charge is -2.29. The summed E-state index contributed by atoms with van der Waals surface area (Å²) < 4.78 is 0. The second kappa shape index (κ2) is 3.26. The number of carboxylic acid groups (broad SMARTS) is 1. The minimum absolute atomic E-state index is 0.119. The molecule has 5 nitrogen and oxygen atoms in total. The monoisotopic (exact) mass is 194 g/mol. The van der Waals surface area contributed by atoms with Gasteiger partial charge in [-0.2, -0.15) is 0 Å². The van der Waals surface area contributed by atoms with Crippen molar-refractivity contribution in [3.8, 4) is 0 Å². The molecule has 0 spiro atoms. The van der Waals surface area contributed by atoms with E-state index in [1.807, 2.05) is 0 Å². The minimum atomic E-state index is -1.03. The van der Waals surface area contributed by atoms with Gasteiger partial charge in [-0.1, -0.05) is 6.07 Å². The van der Waals surface area contributed by atoms with Crippen LogP contribution in [0.25, 0.3) is 0 Å². The van der Waals surface area contributed by atoms with Crippen LogP contribution in [-0.4, -0.2) is 32.7 Å². The maximum absolute atomic E-state index is 10.7. The zero-order valence-electron chi connectivity index (χ0n) is 7.42. The molecule has 14 heavy (non-hydrogen) atoms. The summed E-state index contributed by atoms with van der Waals surface area (Å²) in [6.45, 7) is 0.372. The van der Waals surface area contributed by atoms with Crippen molar-refractivity contribution in [1.82, 2.24) is 9.88 Å². The number of carbonyl (C=O) groups is 1. The lowest BCUT2D eigenvalue weighted by atomic mass is 10.0. The van der Waals surface area contributed by atoms with Crippen LogP contribution in [-0.2, 0) is 6.54 Å². The standard InChI is InChI=1S/C9H10N2O3/c12-8-5-11(9(13)14)4-7-6(8)2-1-3-10-7/h1-3,8,12H,4-5H2,(H,13,14). The fraction of sp³-hybridized carbons (Fsp3) is 0.333. The van der Waals surface area contributed by atoms with Gasteiger partial charge < -0.3 is 10.2 Å². The number of aliphatic hydroxyl groups excluding tert-OH is 1. The average molecular weight is 194 g/mol. The highest BCUT2D eigenvalue weighted by Crippen LogP contribution is 2.24. The van der Waals surface area contributed by atoms with Gasteiger partial charge in [0, 0.05) is 11.8 Å². The first kappa shape index (κ1) is 8.96. The van der Waals surface area contributed by atoms with E-state index >= 15 is 0 Å². The molecular weight excluding hydrogens is 184 g/mol. The number of amides is 1. The molecule has 0 fully saturated rings. The third-order valence-corrected chi connectivity index (χ3v) is 2.29. The van der Waals surface area contributed by atoms with Gasteiger partial charge in [0.25, 0.3) is 0 Å². The molecule has 1 aliphatic heterocycles. The molecule has 5 heteroatoms. The van der Waals surface area contributed by atoms with Gasteiger partial charge in [-0.05, 0) is 6.07 Å². The first-order valence-corrected chi connectivity index (χ1v) is 4.28. The number of nitrogens with zero attached hydrogens (tertiary/aromatic N) is 2. The van der Waals surface area contributed by atoms with Crippen molar-refractivity contribution in [2.75, 3.05) is 6.54 Å². The summed E-state index contributed by atoms with van der Waals surface area (Å²) in [7, 11) is 0. The van der Waals surface area contributed by atoms with E-state index in [1.54, 1.807) is 18.3 Å². The molecule has 0 aliphatic carbocycles. The van der Waals surface area contributed by atoms with Crippen molar-refractivity contribution < 1.29 is 15.0 Å². The maximum atomic E-state index is 10.7. The zero-order chi connectivity index (χ0) is 10.1. The Morgan fingerprint density at radius 3 is 3.14 bits per heavy atom. The van der Waals surface area contributed by atoms with Crippen LogP contribution in [0.15, 0.2) is 18.3 Å². The number of rotatable bonds is 0. The highest BCUT2D eigenvalue weighted by atomic mass is 16.4. The summed E-state index contributed by atoms with van der Waals surface area (Å²) >= 11 is 0. The van der Waals surface area contributed by atoms with Crippen LogP contribution in [0.5, 0.6) is 0 Å². The highest BCUT2D eigenvalue weighted by Gasteiger charge is 2.26. The van der Waals surface area contributed by atoms with Gasteiger partial charge in [-0.3, -0.25) is 9.88 Å². The SMILES string of the molecule is O=C(O)N1Cc2ncccc2C(O)C1. The number of β-amino-alcohol motifs (C(OH)–C–C–N with tert-alkyl or cyclic N) is 1. The van der Waals surface area contributed by atoms with Crippen LogP contribution in [0.2, 0.25) is 0 Å². The molecule has 0 saturated heterocycles. The first-order chi connectivity index (χ1) is 6.68. The number of pyridine rings is 1. The van der Waals surface area contributed by atoms with E-state index in [2.05, 4.69) is 4.98 Å². The summed E-state index contributed by atoms with van der Waals surface area (Å²) in [6, 6.07) is 3.50. The molecule has 1 amide bonds. The Hall–Kier alpha value is -1.62. The number of hydrogen-bond donors (Lipinski definition) is 2. The lowest BCUT2D eigenvalue weighted by Crippen LogP contribution is -2.37. The predicted molar refractivity (Wildman–Crippen MR) is 47.6 cm³/mol. The molecule has 0 bridgehead atoms. The van der Waals surface area contributed by atoms with E-state index in [1.165, 1.54) is 0 Å². The molecule has 74 valence electrons. The topological polar surface area (TPSA) is 73.7 Å². The lowest BCUT2D eigenvalue weighted by molar-refractivity contribution is 0.0805. The minimum Gasteiger partial charge on any atom is -0.465 e. The smallest absolute Gasteiger partial charge is 0.407 e. The Morgan fingerprint density at radius 1 is 1.64 bits per heavy atom. The molecule has 0 radical (unpaired) electrons. The summed E-state index contributed by atoms with van der Waals surface area (Å²) in [5, 5.41) is 18.4. The molecule has 1 aromatic heterocycles. The Morgan fingerprint density at radius 2 is 2.43 bits per heavy atom. The van der Waals surface area contributed by atoms with Gasteiger partial charge in [-0.15, -0.1) is 0 Å². The maximum Gasteiger partial charge on any atom is 0.407 e. The third-order valence-electron chi connectivity index (χ3n) is 2.29. The van der Waals surface area contributed by atoms with Crippen molar-refractivity contribution in [2.45, 2.75) is 12.6 Å². The van der Waals surface area contributed by atoms with E-state index in [-0.39, 0.29) is 13.1 Å². The van der Waals surface area contributed by atoms with E-state index < -0.39 is 12.2 Å². The van der Waals surface area contributed by atoms with Crippen LogP contribution in [0, 0.1) is 0 Å². The van der Waals surface area contributed by atoms with Gasteiger partial charge in [0.1, 0.15) is 0 Å². The molecular formula is C9H10N2O3. The molecule has 2 heterocycles. The Bertz CT molecular complexity index is 367. The van der Waals surface area contributed by atoms with Crippen molar-refractivity contribution in [2.24, 2.45) is 0 Å². The molecule has 0 saturated carbocycles. The number of aliphatic hydroxyl groups is 1. The molecule has 1 aromatic rings. The van der Waals surface area contributed by atoms with Crippen LogP contribution in [0.1, 0.15) is 17.4 Å². The third kappa shape index (κ3) is 1.42. The molecule has 0 aromatic carbocycles. The van der Waals surface area contributed by atoms with Gasteiger partial charge in [0.05, 0.1) is 24.9 Å². The predicted octanol–water partition coefficient (Wildman–Crippen LogP) is 0.609. The normalized spacial score (nSPS) is 20.4. The van der Waals surface area contributed by atoms with E-state index in [9.17, 15) is 9.90 Å². The molecule has 1 atom stereocenters. The number of fused-ring (bicyclic) bond motifs is 1. The number of hydrogen-bond acceptors (Lipinski definition) is 3. The summed E-state index contributed by atoms with van der Waals surface area (Å²) in [6.07, 6.45) is -0.194. The largest absolute Gasteiger partial charge is 0.465 e. The van der Waals surface area contributed by atoms with Gasteiger partial charge in [0.15, 0.2) is 0 Å². The van der Waals surface area contributed by atoms with Crippen LogP contribution < -0.4 is 0 Å². The van der Waals surface area contributed by atoms with Crippen LogP contribution in [0.3, 0.4) is 0 Å². The van der Waals surface area contributed by atoms with Gasteiger partial charge >= 0.3 is 6.09 Å². The fourth-order valence-electron chi connectivity index (χ4n) is 1.58. The van der Waals surface area contributed by atoms with Gasteiger partial charge in [-0.25, -0.2) is 4.79 Å². The Kier molecular flexibility index (Phi) is 2.09.